The average Bonchev–Trinajstić information content (AvgIpc) is 3.41. The van der Waals surface area contributed by atoms with E-state index in [1.165, 1.54) is 11.8 Å². The topological polar surface area (TPSA) is 69.0 Å². The van der Waals surface area contributed by atoms with Gasteiger partial charge in [-0.25, -0.2) is 0 Å². The van der Waals surface area contributed by atoms with Gasteiger partial charge in [0.2, 0.25) is 5.91 Å². The molecule has 0 radical (unpaired) electrons. The number of halogens is 1. The van der Waals surface area contributed by atoms with Gasteiger partial charge in [-0.2, -0.15) is 0 Å². The molecule has 1 aliphatic carbocycles. The van der Waals surface area contributed by atoms with E-state index in [1.807, 2.05) is 10.6 Å². The van der Waals surface area contributed by atoms with Gasteiger partial charge in [-0.3, -0.25) is 4.79 Å². The molecule has 138 valence electrons. The smallest absolute Gasteiger partial charge is 0.230 e. The van der Waals surface area contributed by atoms with E-state index in [4.69, 9.17) is 16.3 Å². The van der Waals surface area contributed by atoms with Crippen LogP contribution in [0.1, 0.15) is 24.6 Å². The van der Waals surface area contributed by atoms with Crippen molar-refractivity contribution in [2.24, 2.45) is 0 Å². The summed E-state index contributed by atoms with van der Waals surface area (Å²) >= 11 is 7.21. The number of hydrogen-bond donors (Lipinski definition) is 1. The molecule has 1 N–H and O–H groups in total. The average molecular weight is 393 g/mol. The van der Waals surface area contributed by atoms with Gasteiger partial charge in [0, 0.05) is 17.5 Å². The van der Waals surface area contributed by atoms with Crippen molar-refractivity contribution in [3.8, 4) is 5.75 Å². The molecular weight excluding hydrogens is 372 g/mol. The van der Waals surface area contributed by atoms with E-state index < -0.39 is 0 Å². The molecule has 0 spiro atoms. The van der Waals surface area contributed by atoms with E-state index in [0.717, 1.165) is 29.6 Å². The molecule has 6 nitrogen and oxygen atoms in total. The van der Waals surface area contributed by atoms with Crippen molar-refractivity contribution < 1.29 is 9.53 Å². The van der Waals surface area contributed by atoms with Crippen molar-refractivity contribution in [2.75, 3.05) is 18.9 Å². The van der Waals surface area contributed by atoms with Crippen molar-refractivity contribution in [1.82, 2.24) is 20.1 Å². The number of benzene rings is 1. The molecule has 3 rings (SSSR count). The van der Waals surface area contributed by atoms with Crippen LogP contribution >= 0.6 is 23.4 Å². The van der Waals surface area contributed by atoms with E-state index in [-0.39, 0.29) is 5.91 Å². The molecule has 1 fully saturated rings. The minimum Gasteiger partial charge on any atom is -0.492 e. The number of amides is 1. The van der Waals surface area contributed by atoms with E-state index in [9.17, 15) is 4.79 Å². The first-order valence-electron chi connectivity index (χ1n) is 8.49. The van der Waals surface area contributed by atoms with Crippen LogP contribution in [0.15, 0.2) is 42.1 Å². The van der Waals surface area contributed by atoms with Gasteiger partial charge >= 0.3 is 0 Å². The van der Waals surface area contributed by atoms with Crippen LogP contribution in [0.25, 0.3) is 0 Å². The lowest BCUT2D eigenvalue weighted by Crippen LogP contribution is -2.29. The van der Waals surface area contributed by atoms with Gasteiger partial charge in [0.1, 0.15) is 18.2 Å². The highest BCUT2D eigenvalue weighted by Gasteiger charge is 2.30. The Hall–Kier alpha value is -1.99. The number of thioether (sulfide) groups is 1. The maximum absolute atomic E-state index is 12.0. The molecule has 0 atom stereocenters. The van der Waals surface area contributed by atoms with Crippen LogP contribution < -0.4 is 10.1 Å². The van der Waals surface area contributed by atoms with Gasteiger partial charge < -0.3 is 14.6 Å². The highest BCUT2D eigenvalue weighted by atomic mass is 35.5. The Morgan fingerprint density at radius 2 is 2.15 bits per heavy atom. The third kappa shape index (κ3) is 5.25. The molecule has 1 aliphatic rings. The standard InChI is InChI=1S/C18H21ClN4O2S/c1-2-10-23-17(13-3-4-13)21-22-18(23)26-12-16(24)20-9-11-25-15-7-5-14(19)6-8-15/h2,5-8,13H,1,3-4,9-12H2,(H,20,24). The molecule has 1 aromatic heterocycles. The summed E-state index contributed by atoms with van der Waals surface area (Å²) in [7, 11) is 0. The number of aromatic nitrogens is 3. The number of ether oxygens (including phenoxy) is 1. The largest absolute Gasteiger partial charge is 0.492 e. The minimum absolute atomic E-state index is 0.0594. The summed E-state index contributed by atoms with van der Waals surface area (Å²) in [6, 6.07) is 7.12. The monoisotopic (exact) mass is 392 g/mol. The van der Waals surface area contributed by atoms with E-state index in [1.54, 1.807) is 24.3 Å². The molecule has 1 heterocycles. The Balaban J connectivity index is 1.40. The first-order chi connectivity index (χ1) is 12.7. The highest BCUT2D eigenvalue weighted by molar-refractivity contribution is 7.99. The van der Waals surface area contributed by atoms with Crippen molar-refractivity contribution in [1.29, 1.82) is 0 Å². The number of hydrogen-bond acceptors (Lipinski definition) is 5. The SMILES string of the molecule is C=CCn1c(SCC(=O)NCCOc2ccc(Cl)cc2)nnc1C1CC1. The summed E-state index contributed by atoms with van der Waals surface area (Å²) in [5, 5.41) is 12.8. The van der Waals surface area contributed by atoms with E-state index in [2.05, 4.69) is 22.1 Å². The number of rotatable bonds is 10. The van der Waals surface area contributed by atoms with E-state index in [0.29, 0.717) is 36.4 Å². The second-order valence-corrected chi connectivity index (χ2v) is 7.33. The molecule has 0 bridgehead atoms. The van der Waals surface area contributed by atoms with Crippen LogP contribution in [-0.2, 0) is 11.3 Å². The van der Waals surface area contributed by atoms with Gasteiger partial charge in [0.05, 0.1) is 12.3 Å². The third-order valence-electron chi connectivity index (χ3n) is 3.84. The van der Waals surface area contributed by atoms with Crippen LogP contribution in [0.4, 0.5) is 0 Å². The zero-order chi connectivity index (χ0) is 18.4. The molecule has 1 amide bonds. The van der Waals surface area contributed by atoms with Gasteiger partial charge in [-0.05, 0) is 37.1 Å². The molecule has 2 aromatic rings. The summed E-state index contributed by atoms with van der Waals surface area (Å²) in [5.74, 6) is 2.47. The molecule has 1 aromatic carbocycles. The van der Waals surface area contributed by atoms with Crippen LogP contribution in [0.2, 0.25) is 5.02 Å². The fraction of sp³-hybridized carbons (Fsp3) is 0.389. The van der Waals surface area contributed by atoms with Gasteiger partial charge in [0.15, 0.2) is 5.16 Å². The number of nitrogens with one attached hydrogen (secondary N) is 1. The zero-order valence-corrected chi connectivity index (χ0v) is 15.9. The number of nitrogens with zero attached hydrogens (tertiary/aromatic N) is 3. The Bertz CT molecular complexity index is 759. The lowest BCUT2D eigenvalue weighted by molar-refractivity contribution is -0.118. The number of carbonyl (C=O) groups excluding carboxylic acids is 1. The van der Waals surface area contributed by atoms with Crippen LogP contribution in [-0.4, -0.2) is 39.6 Å². The van der Waals surface area contributed by atoms with Crippen LogP contribution in [0.3, 0.4) is 0 Å². The maximum atomic E-state index is 12.0. The molecular formula is C18H21ClN4O2S. The molecule has 0 unspecified atom stereocenters. The Morgan fingerprint density at radius 3 is 2.85 bits per heavy atom. The fourth-order valence-corrected chi connectivity index (χ4v) is 3.33. The summed E-state index contributed by atoms with van der Waals surface area (Å²) in [5.41, 5.74) is 0. The predicted molar refractivity (Wildman–Crippen MR) is 103 cm³/mol. The lowest BCUT2D eigenvalue weighted by Gasteiger charge is -2.08. The molecule has 1 saturated carbocycles. The Labute approximate surface area is 162 Å². The van der Waals surface area contributed by atoms with Crippen molar-refractivity contribution in [3.63, 3.8) is 0 Å². The molecule has 0 saturated heterocycles. The predicted octanol–water partition coefficient (Wildman–Crippen LogP) is 3.28. The first kappa shape index (κ1) is 18.8. The van der Waals surface area contributed by atoms with Gasteiger partial charge in [0.25, 0.3) is 0 Å². The molecule has 26 heavy (non-hydrogen) atoms. The van der Waals surface area contributed by atoms with Crippen LogP contribution in [0.5, 0.6) is 5.75 Å². The minimum atomic E-state index is -0.0594. The second-order valence-electron chi connectivity index (χ2n) is 5.96. The highest BCUT2D eigenvalue weighted by Crippen LogP contribution is 2.40. The van der Waals surface area contributed by atoms with Crippen molar-refractivity contribution >= 4 is 29.3 Å². The Morgan fingerprint density at radius 1 is 1.38 bits per heavy atom. The number of carbonyl (C=O) groups is 1. The normalized spacial score (nSPS) is 13.4. The van der Waals surface area contributed by atoms with E-state index >= 15 is 0 Å². The summed E-state index contributed by atoms with van der Waals surface area (Å²) in [4.78, 5) is 12.0. The second kappa shape index (κ2) is 9.09. The first-order valence-corrected chi connectivity index (χ1v) is 9.85. The molecule has 0 aliphatic heterocycles. The van der Waals surface area contributed by atoms with Crippen molar-refractivity contribution in [2.45, 2.75) is 30.5 Å². The zero-order valence-electron chi connectivity index (χ0n) is 14.4. The molecule has 8 heteroatoms. The fourth-order valence-electron chi connectivity index (χ4n) is 2.42. The van der Waals surface area contributed by atoms with Crippen LogP contribution in [0, 0.1) is 0 Å². The van der Waals surface area contributed by atoms with Gasteiger partial charge in [-0.1, -0.05) is 29.4 Å². The van der Waals surface area contributed by atoms with Gasteiger partial charge in [-0.15, -0.1) is 16.8 Å². The summed E-state index contributed by atoms with van der Waals surface area (Å²) in [6.07, 6.45) is 4.15. The lowest BCUT2D eigenvalue weighted by atomic mass is 10.3. The third-order valence-corrected chi connectivity index (χ3v) is 5.06. The Kier molecular flexibility index (Phi) is 6.57. The number of allylic oxidation sites excluding steroid dienone is 1. The maximum Gasteiger partial charge on any atom is 0.230 e. The quantitative estimate of drug-likeness (QED) is 0.381. The summed E-state index contributed by atoms with van der Waals surface area (Å²) in [6.45, 7) is 5.29. The van der Waals surface area contributed by atoms with Crippen molar-refractivity contribution in [3.05, 3.63) is 47.8 Å². The summed E-state index contributed by atoms with van der Waals surface area (Å²) < 4.78 is 7.59.